The molecule has 29 heavy (non-hydrogen) atoms. The highest BCUT2D eigenvalue weighted by molar-refractivity contribution is 5.96. The van der Waals surface area contributed by atoms with E-state index >= 15 is 0 Å². The molecule has 1 aromatic carbocycles. The van der Waals surface area contributed by atoms with Gasteiger partial charge in [0.1, 0.15) is 0 Å². The lowest BCUT2D eigenvalue weighted by Crippen LogP contribution is -2.41. The Morgan fingerprint density at radius 3 is 1.97 bits per heavy atom. The minimum absolute atomic E-state index is 0. The van der Waals surface area contributed by atoms with Gasteiger partial charge in [-0.3, -0.25) is 9.59 Å². The Morgan fingerprint density at radius 2 is 1.48 bits per heavy atom. The first-order chi connectivity index (χ1) is 13.0. The quantitative estimate of drug-likeness (QED) is 0.533. The van der Waals surface area contributed by atoms with Crippen molar-refractivity contribution < 1.29 is 9.59 Å². The molecule has 166 valence electrons. The number of nitrogens with zero attached hydrogens (tertiary/aromatic N) is 1. The Bertz CT molecular complexity index is 607. The molecule has 0 atom stereocenters. The third-order valence-electron chi connectivity index (χ3n) is 5.76. The predicted molar refractivity (Wildman–Crippen MR) is 125 cm³/mol. The van der Waals surface area contributed by atoms with E-state index in [0.717, 1.165) is 25.3 Å². The summed E-state index contributed by atoms with van der Waals surface area (Å²) in [5.74, 6) is -0.0233. The van der Waals surface area contributed by atoms with Crippen LogP contribution in [0.1, 0.15) is 52.4 Å². The number of carbonyl (C=O) groups excluding carboxylic acids is 2. The van der Waals surface area contributed by atoms with Crippen LogP contribution in [0.5, 0.6) is 0 Å². The number of anilines is 2. The van der Waals surface area contributed by atoms with Crippen LogP contribution in [0, 0.1) is 5.41 Å². The zero-order valence-corrected chi connectivity index (χ0v) is 19.2. The number of benzene rings is 1. The first kappa shape index (κ1) is 27.7. The minimum atomic E-state index is -0.526. The van der Waals surface area contributed by atoms with E-state index < -0.39 is 5.41 Å². The lowest BCUT2D eigenvalue weighted by Gasteiger charge is -2.28. The highest BCUT2D eigenvalue weighted by Crippen LogP contribution is 2.27. The fourth-order valence-electron chi connectivity index (χ4n) is 3.52. The number of halogens is 2. The van der Waals surface area contributed by atoms with Crippen LogP contribution in [0.3, 0.4) is 0 Å². The van der Waals surface area contributed by atoms with Gasteiger partial charge in [0, 0.05) is 30.9 Å². The van der Waals surface area contributed by atoms with Gasteiger partial charge in [0.2, 0.25) is 11.8 Å². The lowest BCUT2D eigenvalue weighted by molar-refractivity contribution is -0.125. The summed E-state index contributed by atoms with van der Waals surface area (Å²) in [4.78, 5) is 27.1. The molecule has 0 radical (unpaired) electrons. The van der Waals surface area contributed by atoms with Crippen molar-refractivity contribution in [2.24, 2.45) is 11.1 Å². The normalized spacial score (nSPS) is 14.3. The van der Waals surface area contributed by atoms with Gasteiger partial charge in [-0.1, -0.05) is 20.3 Å². The van der Waals surface area contributed by atoms with E-state index in [1.54, 1.807) is 0 Å². The zero-order chi connectivity index (χ0) is 19.7. The lowest BCUT2D eigenvalue weighted by atomic mass is 9.81. The van der Waals surface area contributed by atoms with E-state index in [1.807, 2.05) is 38.1 Å². The van der Waals surface area contributed by atoms with Gasteiger partial charge in [-0.15, -0.1) is 24.8 Å². The van der Waals surface area contributed by atoms with Gasteiger partial charge in [0.05, 0.1) is 5.41 Å². The van der Waals surface area contributed by atoms with Crippen LogP contribution in [0.4, 0.5) is 11.4 Å². The average molecular weight is 447 g/mol. The molecule has 1 aliphatic rings. The maximum atomic E-state index is 12.6. The van der Waals surface area contributed by atoms with Gasteiger partial charge >= 0.3 is 0 Å². The molecule has 1 fully saturated rings. The van der Waals surface area contributed by atoms with E-state index in [0.29, 0.717) is 31.5 Å². The predicted octanol–water partition coefficient (Wildman–Crippen LogP) is 4.05. The van der Waals surface area contributed by atoms with Crippen molar-refractivity contribution >= 4 is 48.0 Å². The Hall–Kier alpha value is -1.34. The summed E-state index contributed by atoms with van der Waals surface area (Å²) in [7, 11) is 0. The number of hydrogen-bond acceptors (Lipinski definition) is 4. The molecule has 0 bridgehead atoms. The molecule has 1 aliphatic heterocycles. The average Bonchev–Trinajstić information content (AvgIpc) is 2.70. The van der Waals surface area contributed by atoms with Crippen molar-refractivity contribution in [1.29, 1.82) is 0 Å². The van der Waals surface area contributed by atoms with Gasteiger partial charge in [-0.05, 0) is 63.0 Å². The summed E-state index contributed by atoms with van der Waals surface area (Å²) in [5, 5.41) is 5.87. The highest BCUT2D eigenvalue weighted by Gasteiger charge is 2.33. The summed E-state index contributed by atoms with van der Waals surface area (Å²) >= 11 is 0. The van der Waals surface area contributed by atoms with Crippen molar-refractivity contribution in [1.82, 2.24) is 4.90 Å². The van der Waals surface area contributed by atoms with Gasteiger partial charge < -0.3 is 21.3 Å². The van der Waals surface area contributed by atoms with Gasteiger partial charge in [-0.2, -0.15) is 0 Å². The first-order valence-electron chi connectivity index (χ1n) is 10.2. The monoisotopic (exact) mass is 446 g/mol. The van der Waals surface area contributed by atoms with E-state index in [2.05, 4.69) is 15.5 Å². The van der Waals surface area contributed by atoms with Crippen LogP contribution in [0.25, 0.3) is 0 Å². The van der Waals surface area contributed by atoms with Crippen LogP contribution in [0.15, 0.2) is 24.3 Å². The molecule has 8 heteroatoms. The van der Waals surface area contributed by atoms with Gasteiger partial charge in [0.25, 0.3) is 0 Å². The molecule has 6 nitrogen and oxygen atoms in total. The molecule has 4 N–H and O–H groups in total. The van der Waals surface area contributed by atoms with Crippen molar-refractivity contribution in [3.05, 3.63) is 24.3 Å². The number of amides is 2. The van der Waals surface area contributed by atoms with Crippen LogP contribution < -0.4 is 16.4 Å². The van der Waals surface area contributed by atoms with Crippen LogP contribution in [-0.2, 0) is 9.59 Å². The summed E-state index contributed by atoms with van der Waals surface area (Å²) in [6.07, 6.45) is 5.68. The zero-order valence-electron chi connectivity index (χ0n) is 17.5. The summed E-state index contributed by atoms with van der Waals surface area (Å²) in [6, 6.07) is 7.25. The number of nitrogens with two attached hydrogens (primary N) is 1. The van der Waals surface area contributed by atoms with Crippen LogP contribution in [0.2, 0.25) is 0 Å². The first-order valence-corrected chi connectivity index (χ1v) is 10.2. The van der Waals surface area contributed by atoms with Crippen molar-refractivity contribution in [2.75, 3.05) is 36.8 Å². The van der Waals surface area contributed by atoms with Crippen molar-refractivity contribution in [3.8, 4) is 0 Å². The van der Waals surface area contributed by atoms with E-state index in [1.165, 1.54) is 19.3 Å². The maximum absolute atomic E-state index is 12.6. The Morgan fingerprint density at radius 1 is 0.966 bits per heavy atom. The molecule has 1 heterocycles. The third-order valence-corrected chi connectivity index (χ3v) is 5.76. The highest BCUT2D eigenvalue weighted by atomic mass is 35.5. The number of carbonyl (C=O) groups is 2. The standard InChI is InChI=1S/C21H34N4O2.2ClH/c1-3-21(4-2,16-22)20(27)24-18-10-8-17(9-11-18)23-19(26)12-15-25-13-6-5-7-14-25;;/h8-11H,3-7,12-16,22H2,1-2H3,(H,23,26)(H,24,27);2*1H. The second kappa shape index (κ2) is 13.8. The second-order valence-electron chi connectivity index (χ2n) is 7.42. The molecule has 0 spiro atoms. The summed E-state index contributed by atoms with van der Waals surface area (Å²) in [6.45, 7) is 7.31. The molecule has 2 amide bonds. The molecule has 2 rings (SSSR count). The van der Waals surface area contributed by atoms with Gasteiger partial charge in [-0.25, -0.2) is 0 Å². The maximum Gasteiger partial charge on any atom is 0.231 e. The summed E-state index contributed by atoms with van der Waals surface area (Å²) in [5.41, 5.74) is 6.76. The van der Waals surface area contributed by atoms with Crippen molar-refractivity contribution in [3.63, 3.8) is 0 Å². The number of likely N-dealkylation sites (tertiary alicyclic amines) is 1. The molecule has 0 aliphatic carbocycles. The van der Waals surface area contributed by atoms with E-state index in [4.69, 9.17) is 5.73 Å². The van der Waals surface area contributed by atoms with Crippen molar-refractivity contribution in [2.45, 2.75) is 52.4 Å². The molecular formula is C21H36Cl2N4O2. The van der Waals surface area contributed by atoms with Gasteiger partial charge in [0.15, 0.2) is 0 Å². The molecular weight excluding hydrogens is 411 g/mol. The fourth-order valence-corrected chi connectivity index (χ4v) is 3.52. The molecule has 0 saturated carbocycles. The molecule has 1 saturated heterocycles. The van der Waals surface area contributed by atoms with E-state index in [-0.39, 0.29) is 36.6 Å². The largest absolute Gasteiger partial charge is 0.329 e. The topological polar surface area (TPSA) is 87.5 Å². The Kier molecular flexibility index (Phi) is 13.2. The number of piperidine rings is 1. The van der Waals surface area contributed by atoms with Crippen LogP contribution >= 0.6 is 24.8 Å². The third kappa shape index (κ3) is 8.13. The van der Waals surface area contributed by atoms with Crippen LogP contribution in [-0.4, -0.2) is 42.9 Å². The fraction of sp³-hybridized carbons (Fsp3) is 0.619. The minimum Gasteiger partial charge on any atom is -0.329 e. The second-order valence-corrected chi connectivity index (χ2v) is 7.42. The number of hydrogen-bond donors (Lipinski definition) is 3. The number of nitrogens with one attached hydrogen (secondary N) is 2. The smallest absolute Gasteiger partial charge is 0.231 e. The Balaban J connectivity index is 0.00000392. The summed E-state index contributed by atoms with van der Waals surface area (Å²) < 4.78 is 0. The Labute approximate surface area is 187 Å². The van der Waals surface area contributed by atoms with E-state index in [9.17, 15) is 9.59 Å². The molecule has 0 unspecified atom stereocenters. The number of rotatable bonds is 9. The SMILES string of the molecule is CCC(CC)(CN)C(=O)Nc1ccc(NC(=O)CCN2CCCCC2)cc1.Cl.Cl. The molecule has 1 aromatic rings. The molecule has 0 aromatic heterocycles.